The maximum Gasteiger partial charge on any atom is 0.164 e. The molecule has 1 N–H and O–H groups in total. The minimum absolute atomic E-state index is 0.0306. The first-order valence-electron chi connectivity index (χ1n) is 15.9. The molecule has 3 nitrogen and oxygen atoms in total. The van der Waals surface area contributed by atoms with E-state index in [9.17, 15) is 0 Å². The monoisotopic (exact) mass is 577 g/mol. The summed E-state index contributed by atoms with van der Waals surface area (Å²) >= 11 is 0. The van der Waals surface area contributed by atoms with Gasteiger partial charge in [0.25, 0.3) is 0 Å². The number of anilines is 1. The number of hydrogen-bond donors (Lipinski definition) is 1. The van der Waals surface area contributed by atoms with E-state index in [-0.39, 0.29) is 12.3 Å². The van der Waals surface area contributed by atoms with Crippen LogP contribution in [-0.2, 0) is 5.54 Å². The minimum atomic E-state index is -0.433. The molecule has 7 aromatic rings. The van der Waals surface area contributed by atoms with Gasteiger partial charge in [-0.05, 0) is 63.6 Å². The van der Waals surface area contributed by atoms with E-state index < -0.39 is 5.54 Å². The minimum Gasteiger partial charge on any atom is -0.352 e. The van der Waals surface area contributed by atoms with Crippen LogP contribution in [-0.4, -0.2) is 9.47 Å². The standard InChI is InChI=1S/C42H31N3/c1-42-35-20-10-7-16-31(35)30-15-5-6-17-32(30)38-34-19-9-12-22-37(34)44(40(38)42)41-43-36-21-11-8-18-33(36)39(45(41)42)29-25-23-28(24-26-29)27-13-3-2-4-14-27/h2-26,39,41,43H,1H3. The van der Waals surface area contributed by atoms with Crippen molar-refractivity contribution in [2.75, 3.05) is 5.32 Å². The van der Waals surface area contributed by atoms with Crippen molar-refractivity contribution in [2.24, 2.45) is 0 Å². The fraction of sp³-hybridized carbons (Fsp3) is 0.0952. The number of nitrogens with zero attached hydrogens (tertiary/aromatic N) is 2. The van der Waals surface area contributed by atoms with Crippen LogP contribution in [0.25, 0.3) is 44.3 Å². The molecule has 3 heterocycles. The van der Waals surface area contributed by atoms with E-state index in [1.807, 2.05) is 0 Å². The summed E-state index contributed by atoms with van der Waals surface area (Å²) < 4.78 is 2.60. The zero-order valence-electron chi connectivity index (χ0n) is 25.0. The summed E-state index contributed by atoms with van der Waals surface area (Å²) in [5, 5.41) is 5.35. The van der Waals surface area contributed by atoms with Gasteiger partial charge in [0.05, 0.1) is 22.8 Å². The Labute approximate surface area is 263 Å². The molecule has 3 aliphatic rings. The summed E-state index contributed by atoms with van der Waals surface area (Å²) in [5.74, 6) is 0. The zero-order valence-corrected chi connectivity index (χ0v) is 25.0. The Morgan fingerprint density at radius 2 is 1.22 bits per heavy atom. The number of fused-ring (bicyclic) bond motifs is 12. The first-order valence-corrected chi connectivity index (χ1v) is 15.9. The Balaban J connectivity index is 1.29. The molecule has 2 aliphatic heterocycles. The molecule has 0 bridgehead atoms. The van der Waals surface area contributed by atoms with Gasteiger partial charge in [0, 0.05) is 16.6 Å². The SMILES string of the molecule is CC12c3ccccc3-c3ccccc3-c3c1n(c1ccccc31)C1Nc3ccccc3C(c3ccc(-c4ccccc4)cc3)N12. The van der Waals surface area contributed by atoms with Crippen LogP contribution < -0.4 is 5.32 Å². The van der Waals surface area contributed by atoms with E-state index in [0.29, 0.717) is 0 Å². The molecule has 10 rings (SSSR count). The molecular weight excluding hydrogens is 546 g/mol. The summed E-state index contributed by atoms with van der Waals surface area (Å²) in [4.78, 5) is 2.75. The van der Waals surface area contributed by atoms with E-state index >= 15 is 0 Å². The Hall–Kier alpha value is -5.38. The fourth-order valence-electron chi connectivity index (χ4n) is 8.62. The van der Waals surface area contributed by atoms with Crippen LogP contribution in [0.1, 0.15) is 41.6 Å². The molecule has 0 saturated carbocycles. The molecule has 0 saturated heterocycles. The highest BCUT2D eigenvalue weighted by Crippen LogP contribution is 2.63. The van der Waals surface area contributed by atoms with Crippen molar-refractivity contribution in [3.05, 3.63) is 174 Å². The molecule has 3 atom stereocenters. The van der Waals surface area contributed by atoms with Gasteiger partial charge in [-0.15, -0.1) is 0 Å². The van der Waals surface area contributed by atoms with Crippen LogP contribution in [0, 0.1) is 0 Å². The number of hydrogen-bond acceptors (Lipinski definition) is 2. The molecular formula is C42H31N3. The molecule has 0 radical (unpaired) electrons. The van der Waals surface area contributed by atoms with E-state index in [2.05, 4.69) is 173 Å². The third kappa shape index (κ3) is 3.23. The van der Waals surface area contributed by atoms with Crippen LogP contribution in [0.5, 0.6) is 0 Å². The molecule has 214 valence electrons. The summed E-state index contributed by atoms with van der Waals surface area (Å²) in [6.45, 7) is 2.47. The van der Waals surface area contributed by atoms with E-state index in [0.717, 1.165) is 0 Å². The lowest BCUT2D eigenvalue weighted by atomic mass is 9.80. The number of rotatable bonds is 2. The van der Waals surface area contributed by atoms with Gasteiger partial charge in [0.15, 0.2) is 6.29 Å². The Morgan fingerprint density at radius 1 is 0.578 bits per heavy atom. The average molecular weight is 578 g/mol. The predicted octanol–water partition coefficient (Wildman–Crippen LogP) is 10.2. The maximum atomic E-state index is 4.04. The largest absolute Gasteiger partial charge is 0.352 e. The lowest BCUT2D eigenvalue weighted by Crippen LogP contribution is -2.49. The van der Waals surface area contributed by atoms with Crippen LogP contribution in [0.4, 0.5) is 5.69 Å². The first-order chi connectivity index (χ1) is 22.2. The lowest BCUT2D eigenvalue weighted by molar-refractivity contribution is 0.0650. The van der Waals surface area contributed by atoms with Crippen molar-refractivity contribution in [3.8, 4) is 33.4 Å². The van der Waals surface area contributed by atoms with Crippen LogP contribution in [0.15, 0.2) is 152 Å². The zero-order chi connectivity index (χ0) is 29.7. The van der Waals surface area contributed by atoms with E-state index in [1.54, 1.807) is 0 Å². The van der Waals surface area contributed by atoms with Crippen LogP contribution in [0.2, 0.25) is 0 Å². The molecule has 0 fully saturated rings. The highest BCUT2D eigenvalue weighted by atomic mass is 15.5. The smallest absolute Gasteiger partial charge is 0.164 e. The summed E-state index contributed by atoms with van der Waals surface area (Å²) in [6.07, 6.45) is -0.0735. The Kier molecular flexibility index (Phi) is 5.04. The Morgan fingerprint density at radius 3 is 2.07 bits per heavy atom. The van der Waals surface area contributed by atoms with Crippen LogP contribution in [0.3, 0.4) is 0 Å². The molecule has 3 heteroatoms. The van der Waals surface area contributed by atoms with Gasteiger partial charge in [-0.2, -0.15) is 0 Å². The van der Waals surface area contributed by atoms with Crippen molar-refractivity contribution in [1.82, 2.24) is 9.47 Å². The average Bonchev–Trinajstić information content (AvgIpc) is 3.55. The number of aromatic nitrogens is 1. The number of nitrogens with one attached hydrogen (secondary N) is 1. The highest BCUT2D eigenvalue weighted by Gasteiger charge is 2.58. The second kappa shape index (κ2) is 9.07. The van der Waals surface area contributed by atoms with Gasteiger partial charge in [0.2, 0.25) is 0 Å². The van der Waals surface area contributed by atoms with E-state index in [4.69, 9.17) is 0 Å². The second-order valence-corrected chi connectivity index (χ2v) is 12.7. The predicted molar refractivity (Wildman–Crippen MR) is 184 cm³/mol. The molecule has 0 amide bonds. The molecule has 45 heavy (non-hydrogen) atoms. The highest BCUT2D eigenvalue weighted by molar-refractivity contribution is 6.05. The van der Waals surface area contributed by atoms with Gasteiger partial charge in [-0.1, -0.05) is 140 Å². The molecule has 6 aromatic carbocycles. The first kappa shape index (κ1) is 25.0. The third-order valence-electron chi connectivity index (χ3n) is 10.5. The van der Waals surface area contributed by atoms with E-state index in [1.165, 1.54) is 72.4 Å². The van der Waals surface area contributed by atoms with Crippen molar-refractivity contribution in [1.29, 1.82) is 0 Å². The fourth-order valence-corrected chi connectivity index (χ4v) is 8.62. The molecule has 1 aliphatic carbocycles. The van der Waals surface area contributed by atoms with Crippen molar-refractivity contribution in [3.63, 3.8) is 0 Å². The molecule has 0 spiro atoms. The van der Waals surface area contributed by atoms with Crippen LogP contribution >= 0.6 is 0 Å². The van der Waals surface area contributed by atoms with Crippen molar-refractivity contribution in [2.45, 2.75) is 24.8 Å². The molecule has 1 aromatic heterocycles. The maximum absolute atomic E-state index is 4.04. The van der Waals surface area contributed by atoms with Gasteiger partial charge in [-0.3, -0.25) is 0 Å². The van der Waals surface area contributed by atoms with Crippen molar-refractivity contribution >= 4 is 16.6 Å². The second-order valence-electron chi connectivity index (χ2n) is 12.7. The number of benzene rings is 6. The topological polar surface area (TPSA) is 20.2 Å². The van der Waals surface area contributed by atoms with Gasteiger partial charge in [0.1, 0.15) is 0 Å². The van der Waals surface area contributed by atoms with Gasteiger partial charge in [-0.25, -0.2) is 4.90 Å². The summed E-state index contributed by atoms with van der Waals surface area (Å²) in [7, 11) is 0. The van der Waals surface area contributed by atoms with Crippen molar-refractivity contribution < 1.29 is 0 Å². The quantitative estimate of drug-likeness (QED) is 0.221. The molecule has 3 unspecified atom stereocenters. The Bertz CT molecular complexity index is 2280. The normalized spacial score (nSPS) is 20.7. The lowest BCUT2D eigenvalue weighted by Gasteiger charge is -2.48. The number of para-hydroxylation sites is 2. The van der Waals surface area contributed by atoms with Gasteiger partial charge < -0.3 is 9.88 Å². The summed E-state index contributed by atoms with van der Waals surface area (Å²) in [6, 6.07) is 55.9. The summed E-state index contributed by atoms with van der Waals surface area (Å²) in [5.41, 5.74) is 15.1. The van der Waals surface area contributed by atoms with Gasteiger partial charge >= 0.3 is 0 Å². The third-order valence-corrected chi connectivity index (χ3v) is 10.5.